The predicted octanol–water partition coefficient (Wildman–Crippen LogP) is 1.47. The number of rotatable bonds is 5. The van der Waals surface area contributed by atoms with Gasteiger partial charge in [0.2, 0.25) is 0 Å². The van der Waals surface area contributed by atoms with Crippen LogP contribution >= 0.6 is 0 Å². The van der Waals surface area contributed by atoms with Crippen molar-refractivity contribution in [3.8, 4) is 6.07 Å². The number of ether oxygens (including phenoxy) is 1. The highest BCUT2D eigenvalue weighted by molar-refractivity contribution is 6.06. The average Bonchev–Trinajstić information content (AvgIpc) is 2.79. The van der Waals surface area contributed by atoms with Crippen molar-refractivity contribution in [2.24, 2.45) is 11.8 Å². The average molecular weight is 236 g/mol. The Morgan fingerprint density at radius 1 is 1.47 bits per heavy atom. The molecule has 1 fully saturated rings. The lowest BCUT2D eigenvalue weighted by molar-refractivity contribution is -0.152. The summed E-state index contributed by atoms with van der Waals surface area (Å²) in [7, 11) is 0. The maximum Gasteiger partial charge on any atom is 0.309 e. The summed E-state index contributed by atoms with van der Waals surface area (Å²) in [5.74, 6) is -2.06. The van der Waals surface area contributed by atoms with Crippen LogP contribution in [0.3, 0.4) is 0 Å². The topological polar surface area (TPSA) is 91.0 Å². The van der Waals surface area contributed by atoms with Gasteiger partial charge in [0.15, 0.2) is 12.4 Å². The number of ketones is 1. The number of esters is 1. The van der Waals surface area contributed by atoms with E-state index in [1.165, 1.54) is 6.92 Å². The molecule has 0 aromatic carbocycles. The van der Waals surface area contributed by atoms with E-state index in [-0.39, 0.29) is 17.6 Å². The molecule has 1 rings (SSSR count). The molecule has 5 heteroatoms. The lowest BCUT2D eigenvalue weighted by Crippen LogP contribution is -2.27. The normalized spacial score (nSPS) is 17.2. The van der Waals surface area contributed by atoms with Crippen LogP contribution in [0.15, 0.2) is 0 Å². The summed E-state index contributed by atoms with van der Waals surface area (Å²) in [6.45, 7) is 0.994. The summed E-state index contributed by atoms with van der Waals surface area (Å²) >= 11 is 0. The van der Waals surface area contributed by atoms with Crippen LogP contribution in [-0.2, 0) is 14.3 Å². The minimum absolute atomic E-state index is 0.0191. The van der Waals surface area contributed by atoms with Crippen molar-refractivity contribution in [3.63, 3.8) is 0 Å². The van der Waals surface area contributed by atoms with Gasteiger partial charge in [0.05, 0.1) is 12.0 Å². The maximum atomic E-state index is 11.5. The Labute approximate surface area is 100 Å². The molecule has 1 atom stereocenters. The molecule has 1 N–H and O–H groups in total. The van der Waals surface area contributed by atoms with E-state index < -0.39 is 18.3 Å². The fourth-order valence-electron chi connectivity index (χ4n) is 1.92. The second-order valence-corrected chi connectivity index (χ2v) is 4.30. The van der Waals surface area contributed by atoms with Gasteiger partial charge in [-0.15, -0.1) is 0 Å². The minimum Gasteiger partial charge on any atom is -0.457 e. The molecule has 1 aliphatic carbocycles. The third-order valence-corrected chi connectivity index (χ3v) is 2.93. The van der Waals surface area contributed by atoms with Crippen molar-refractivity contribution < 1.29 is 14.3 Å². The maximum absolute atomic E-state index is 11.5. The van der Waals surface area contributed by atoms with Gasteiger partial charge >= 0.3 is 5.97 Å². The first-order valence-electron chi connectivity index (χ1n) is 5.70. The van der Waals surface area contributed by atoms with Crippen LogP contribution in [0.4, 0.5) is 0 Å². The number of Topliss-reactive ketones (excluding diaryl/α,β-unsaturated/α-hetero) is 1. The third kappa shape index (κ3) is 3.66. The van der Waals surface area contributed by atoms with Crippen LogP contribution in [-0.4, -0.2) is 24.1 Å². The van der Waals surface area contributed by atoms with Gasteiger partial charge in [-0.25, -0.2) is 0 Å². The zero-order valence-corrected chi connectivity index (χ0v) is 9.86. The Kier molecular flexibility index (Phi) is 4.83. The number of nitrogens with one attached hydrogen (secondary N) is 1. The second-order valence-electron chi connectivity index (χ2n) is 4.30. The van der Waals surface area contributed by atoms with E-state index in [2.05, 4.69) is 0 Å². The molecule has 0 saturated heterocycles. The molecule has 0 radical (unpaired) electrons. The van der Waals surface area contributed by atoms with E-state index in [1.807, 2.05) is 0 Å². The summed E-state index contributed by atoms with van der Waals surface area (Å²) in [6, 6.07) is 1.73. The SMILES string of the molecule is CC(=N)C(C#N)C(=O)COC(=O)C1CCCC1. The summed E-state index contributed by atoms with van der Waals surface area (Å²) in [5.41, 5.74) is -0.0191. The number of carbonyl (C=O) groups excluding carboxylic acids is 2. The molecular formula is C12H16N2O3. The fraction of sp³-hybridized carbons (Fsp3) is 0.667. The first-order valence-corrected chi connectivity index (χ1v) is 5.70. The zero-order valence-electron chi connectivity index (χ0n) is 9.86. The number of hydrogen-bond donors (Lipinski definition) is 1. The zero-order chi connectivity index (χ0) is 12.8. The Balaban J connectivity index is 2.39. The van der Waals surface area contributed by atoms with Gasteiger partial charge in [-0.1, -0.05) is 12.8 Å². The third-order valence-electron chi connectivity index (χ3n) is 2.93. The van der Waals surface area contributed by atoms with Gasteiger partial charge in [0.1, 0.15) is 5.92 Å². The predicted molar refractivity (Wildman–Crippen MR) is 60.4 cm³/mol. The van der Waals surface area contributed by atoms with E-state index in [0.29, 0.717) is 0 Å². The lowest BCUT2D eigenvalue weighted by atomic mass is 10.0. The van der Waals surface area contributed by atoms with Crippen LogP contribution in [0.2, 0.25) is 0 Å². The largest absolute Gasteiger partial charge is 0.457 e. The Hall–Kier alpha value is -1.70. The molecular weight excluding hydrogens is 220 g/mol. The van der Waals surface area contributed by atoms with Gasteiger partial charge in [0.25, 0.3) is 0 Å². The quantitative estimate of drug-likeness (QED) is 0.578. The smallest absolute Gasteiger partial charge is 0.309 e. The molecule has 0 aliphatic heterocycles. The monoisotopic (exact) mass is 236 g/mol. The molecule has 0 bridgehead atoms. The molecule has 1 unspecified atom stereocenters. The van der Waals surface area contributed by atoms with Crippen LogP contribution in [0.1, 0.15) is 32.6 Å². The van der Waals surface area contributed by atoms with Crippen LogP contribution in [0.25, 0.3) is 0 Å². The molecule has 0 aromatic heterocycles. The molecule has 92 valence electrons. The summed E-state index contributed by atoms with van der Waals surface area (Å²) in [4.78, 5) is 23.0. The van der Waals surface area contributed by atoms with Crippen molar-refractivity contribution in [3.05, 3.63) is 0 Å². The van der Waals surface area contributed by atoms with Gasteiger partial charge in [-0.3, -0.25) is 9.59 Å². The van der Waals surface area contributed by atoms with E-state index in [9.17, 15) is 9.59 Å². The van der Waals surface area contributed by atoms with E-state index in [4.69, 9.17) is 15.4 Å². The first-order chi connectivity index (χ1) is 8.06. The fourth-order valence-corrected chi connectivity index (χ4v) is 1.92. The standard InChI is InChI=1S/C12H16N2O3/c1-8(14)10(6-13)11(15)7-17-12(16)9-4-2-3-5-9/h9-10,14H,2-5,7H2,1H3. The van der Waals surface area contributed by atoms with Gasteiger partial charge < -0.3 is 10.1 Å². The summed E-state index contributed by atoms with van der Waals surface area (Å²) < 4.78 is 4.88. The molecule has 0 aromatic rings. The van der Waals surface area contributed by atoms with E-state index in [1.54, 1.807) is 6.07 Å². The van der Waals surface area contributed by atoms with Gasteiger partial charge in [-0.05, 0) is 19.8 Å². The van der Waals surface area contributed by atoms with E-state index >= 15 is 0 Å². The van der Waals surface area contributed by atoms with Crippen molar-refractivity contribution in [2.75, 3.05) is 6.61 Å². The highest BCUT2D eigenvalue weighted by atomic mass is 16.5. The summed E-state index contributed by atoms with van der Waals surface area (Å²) in [6.07, 6.45) is 3.68. The van der Waals surface area contributed by atoms with Crippen molar-refractivity contribution in [1.29, 1.82) is 10.7 Å². The van der Waals surface area contributed by atoms with Crippen LogP contribution in [0.5, 0.6) is 0 Å². The first kappa shape index (κ1) is 13.4. The molecule has 0 amide bonds. The number of nitriles is 1. The Morgan fingerprint density at radius 3 is 2.53 bits per heavy atom. The lowest BCUT2D eigenvalue weighted by Gasteiger charge is -2.10. The van der Waals surface area contributed by atoms with Crippen molar-refractivity contribution in [1.82, 2.24) is 0 Å². The van der Waals surface area contributed by atoms with Gasteiger partial charge in [0, 0.05) is 5.71 Å². The van der Waals surface area contributed by atoms with Crippen molar-refractivity contribution in [2.45, 2.75) is 32.6 Å². The molecule has 0 heterocycles. The minimum atomic E-state index is -1.09. The van der Waals surface area contributed by atoms with Crippen molar-refractivity contribution >= 4 is 17.5 Å². The highest BCUT2D eigenvalue weighted by Gasteiger charge is 2.26. The summed E-state index contributed by atoms with van der Waals surface area (Å²) in [5, 5.41) is 15.9. The molecule has 17 heavy (non-hydrogen) atoms. The van der Waals surface area contributed by atoms with E-state index in [0.717, 1.165) is 25.7 Å². The molecule has 1 aliphatic rings. The van der Waals surface area contributed by atoms with Crippen LogP contribution in [0, 0.1) is 28.6 Å². The highest BCUT2D eigenvalue weighted by Crippen LogP contribution is 2.25. The molecule has 5 nitrogen and oxygen atoms in total. The number of carbonyl (C=O) groups is 2. The molecule has 1 saturated carbocycles. The number of hydrogen-bond acceptors (Lipinski definition) is 5. The number of nitrogens with zero attached hydrogens (tertiary/aromatic N) is 1. The molecule has 0 spiro atoms. The van der Waals surface area contributed by atoms with Crippen LogP contribution < -0.4 is 0 Å². The van der Waals surface area contributed by atoms with Gasteiger partial charge in [-0.2, -0.15) is 5.26 Å². The second kappa shape index (κ2) is 6.14. The Morgan fingerprint density at radius 2 is 2.06 bits per heavy atom. The Bertz CT molecular complexity index is 364.